The maximum Gasteiger partial charge on any atom is 0.308 e. The average Bonchev–Trinajstić information content (AvgIpc) is 2.95. The van der Waals surface area contributed by atoms with Gasteiger partial charge >= 0.3 is 5.97 Å². The van der Waals surface area contributed by atoms with E-state index < -0.39 is 11.9 Å². The quantitative estimate of drug-likeness (QED) is 0.894. The first kappa shape index (κ1) is 16.3. The Hall–Kier alpha value is -1.55. The van der Waals surface area contributed by atoms with Crippen LogP contribution in [0.15, 0.2) is 48.5 Å². The Morgan fingerprint density at radius 2 is 1.83 bits per heavy atom. The molecule has 1 heterocycles. The van der Waals surface area contributed by atoms with Gasteiger partial charge in [-0.25, -0.2) is 0 Å². The van der Waals surface area contributed by atoms with Gasteiger partial charge in [0.2, 0.25) is 0 Å². The number of benzene rings is 2. The van der Waals surface area contributed by atoms with Gasteiger partial charge < -0.3 is 5.11 Å². The summed E-state index contributed by atoms with van der Waals surface area (Å²) in [5.74, 6) is -1.28. The van der Waals surface area contributed by atoms with Crippen molar-refractivity contribution < 1.29 is 9.90 Å². The van der Waals surface area contributed by atoms with Crippen molar-refractivity contribution in [3.05, 3.63) is 69.7 Å². The number of carboxylic acids is 1. The molecule has 0 spiro atoms. The maximum absolute atomic E-state index is 11.6. The van der Waals surface area contributed by atoms with E-state index in [4.69, 9.17) is 23.2 Å². The van der Waals surface area contributed by atoms with E-state index in [9.17, 15) is 9.90 Å². The van der Waals surface area contributed by atoms with E-state index in [1.54, 1.807) is 12.1 Å². The number of halogens is 2. The van der Waals surface area contributed by atoms with Gasteiger partial charge in [0.05, 0.1) is 16.0 Å². The van der Waals surface area contributed by atoms with Crippen LogP contribution in [0.5, 0.6) is 0 Å². The van der Waals surface area contributed by atoms with Crippen LogP contribution in [0, 0.1) is 5.92 Å². The predicted molar refractivity (Wildman–Crippen MR) is 92.0 cm³/mol. The number of aliphatic carboxylic acids is 1. The minimum Gasteiger partial charge on any atom is -0.481 e. The van der Waals surface area contributed by atoms with Crippen LogP contribution in [0.1, 0.15) is 17.0 Å². The highest BCUT2D eigenvalue weighted by Crippen LogP contribution is 2.36. The third-order valence-electron chi connectivity index (χ3n) is 4.33. The summed E-state index contributed by atoms with van der Waals surface area (Å²) in [4.78, 5) is 13.8. The molecule has 2 atom stereocenters. The fraction of sp³-hybridized carbons (Fsp3) is 0.278. The van der Waals surface area contributed by atoms with E-state index in [0.29, 0.717) is 23.1 Å². The van der Waals surface area contributed by atoms with Gasteiger partial charge in [-0.15, -0.1) is 0 Å². The van der Waals surface area contributed by atoms with Crippen molar-refractivity contribution in [2.75, 3.05) is 13.1 Å². The molecule has 23 heavy (non-hydrogen) atoms. The van der Waals surface area contributed by atoms with E-state index in [0.717, 1.165) is 12.1 Å². The average molecular weight is 350 g/mol. The zero-order chi connectivity index (χ0) is 16.4. The predicted octanol–water partition coefficient (Wildman–Crippen LogP) is 4.29. The summed E-state index contributed by atoms with van der Waals surface area (Å²) in [6.07, 6.45) is 0. The Labute approximate surface area is 145 Å². The van der Waals surface area contributed by atoms with Crippen molar-refractivity contribution in [1.29, 1.82) is 0 Å². The van der Waals surface area contributed by atoms with Gasteiger partial charge in [0.25, 0.3) is 0 Å². The third-order valence-corrected chi connectivity index (χ3v) is 5.07. The lowest BCUT2D eigenvalue weighted by Gasteiger charge is -2.16. The monoisotopic (exact) mass is 349 g/mol. The fourth-order valence-electron chi connectivity index (χ4n) is 3.19. The molecule has 120 valence electrons. The van der Waals surface area contributed by atoms with Crippen LogP contribution < -0.4 is 0 Å². The number of carbonyl (C=O) groups is 1. The SMILES string of the molecule is O=C(O)[C@H]1CN(Cc2ccccc2)C[C@H]1c1ccc(Cl)c(Cl)c1. The number of hydrogen-bond acceptors (Lipinski definition) is 2. The van der Waals surface area contributed by atoms with Crippen LogP contribution in [0.25, 0.3) is 0 Å². The molecule has 0 radical (unpaired) electrons. The minimum absolute atomic E-state index is 0.0778. The second-order valence-corrected chi connectivity index (χ2v) is 6.72. The van der Waals surface area contributed by atoms with Gasteiger partial charge in [0.1, 0.15) is 0 Å². The summed E-state index contributed by atoms with van der Waals surface area (Å²) in [6.45, 7) is 1.99. The lowest BCUT2D eigenvalue weighted by molar-refractivity contribution is -0.141. The first-order chi connectivity index (χ1) is 11.0. The molecule has 0 aromatic heterocycles. The number of nitrogens with zero attached hydrogens (tertiary/aromatic N) is 1. The molecular formula is C18H17Cl2NO2. The molecule has 1 aliphatic rings. The summed E-state index contributed by atoms with van der Waals surface area (Å²) < 4.78 is 0. The Morgan fingerprint density at radius 1 is 1.09 bits per heavy atom. The lowest BCUT2D eigenvalue weighted by atomic mass is 9.89. The number of rotatable bonds is 4. The van der Waals surface area contributed by atoms with Crippen LogP contribution in [-0.4, -0.2) is 29.1 Å². The zero-order valence-electron chi connectivity index (χ0n) is 12.5. The molecule has 3 nitrogen and oxygen atoms in total. The van der Waals surface area contributed by atoms with Gasteiger partial charge in [-0.2, -0.15) is 0 Å². The molecular weight excluding hydrogens is 333 g/mol. The normalized spacial score (nSPS) is 21.5. The zero-order valence-corrected chi connectivity index (χ0v) is 14.0. The van der Waals surface area contributed by atoms with Crippen molar-refractivity contribution in [3.8, 4) is 0 Å². The molecule has 0 saturated carbocycles. The minimum atomic E-state index is -0.767. The Kier molecular flexibility index (Phi) is 4.90. The summed E-state index contributed by atoms with van der Waals surface area (Å²) in [5.41, 5.74) is 2.12. The number of likely N-dealkylation sites (tertiary alicyclic amines) is 1. The molecule has 0 amide bonds. The summed E-state index contributed by atoms with van der Waals surface area (Å²) in [6, 6.07) is 15.5. The Morgan fingerprint density at radius 3 is 2.48 bits per heavy atom. The number of hydrogen-bond donors (Lipinski definition) is 1. The Balaban J connectivity index is 1.81. The van der Waals surface area contributed by atoms with Gasteiger partial charge in [0.15, 0.2) is 0 Å². The smallest absolute Gasteiger partial charge is 0.308 e. The fourth-order valence-corrected chi connectivity index (χ4v) is 3.49. The van der Waals surface area contributed by atoms with Gasteiger partial charge in [0, 0.05) is 25.6 Å². The highest BCUT2D eigenvalue weighted by Gasteiger charge is 2.38. The molecule has 1 N–H and O–H groups in total. The summed E-state index contributed by atoms with van der Waals surface area (Å²) >= 11 is 12.1. The topological polar surface area (TPSA) is 40.5 Å². The van der Waals surface area contributed by atoms with E-state index in [2.05, 4.69) is 17.0 Å². The first-order valence-corrected chi connectivity index (χ1v) is 8.24. The van der Waals surface area contributed by atoms with Gasteiger partial charge in [-0.05, 0) is 23.3 Å². The van der Waals surface area contributed by atoms with Gasteiger partial charge in [-0.3, -0.25) is 9.69 Å². The van der Waals surface area contributed by atoms with Gasteiger partial charge in [-0.1, -0.05) is 59.6 Å². The molecule has 0 bridgehead atoms. The van der Waals surface area contributed by atoms with Crippen LogP contribution in [0.3, 0.4) is 0 Å². The van der Waals surface area contributed by atoms with Crippen molar-refractivity contribution in [2.45, 2.75) is 12.5 Å². The number of carboxylic acid groups (broad SMARTS) is 1. The molecule has 2 aromatic carbocycles. The van der Waals surface area contributed by atoms with E-state index >= 15 is 0 Å². The summed E-state index contributed by atoms with van der Waals surface area (Å²) in [7, 11) is 0. The maximum atomic E-state index is 11.6. The highest BCUT2D eigenvalue weighted by molar-refractivity contribution is 6.42. The van der Waals surface area contributed by atoms with Crippen LogP contribution in [0.4, 0.5) is 0 Å². The summed E-state index contributed by atoms with van der Waals surface area (Å²) in [5, 5.41) is 10.5. The standard InChI is InChI=1S/C18H17Cl2NO2/c19-16-7-6-13(8-17(16)20)14-10-21(11-15(14)18(22)23)9-12-4-2-1-3-5-12/h1-8,14-15H,9-11H2,(H,22,23)/t14-,15-/m0/s1. The van der Waals surface area contributed by atoms with Crippen molar-refractivity contribution in [1.82, 2.24) is 4.90 Å². The largest absolute Gasteiger partial charge is 0.481 e. The van der Waals surface area contributed by atoms with Crippen LogP contribution >= 0.6 is 23.2 Å². The van der Waals surface area contributed by atoms with Crippen molar-refractivity contribution in [2.24, 2.45) is 5.92 Å². The molecule has 1 aliphatic heterocycles. The molecule has 1 saturated heterocycles. The second-order valence-electron chi connectivity index (χ2n) is 5.90. The molecule has 1 fully saturated rings. The lowest BCUT2D eigenvalue weighted by Crippen LogP contribution is -2.23. The second kappa shape index (κ2) is 6.91. The van der Waals surface area contributed by atoms with Crippen LogP contribution in [-0.2, 0) is 11.3 Å². The van der Waals surface area contributed by atoms with E-state index in [1.165, 1.54) is 5.56 Å². The molecule has 0 unspecified atom stereocenters. The third kappa shape index (κ3) is 3.69. The van der Waals surface area contributed by atoms with E-state index in [1.807, 2.05) is 24.3 Å². The first-order valence-electron chi connectivity index (χ1n) is 7.48. The molecule has 0 aliphatic carbocycles. The molecule has 5 heteroatoms. The van der Waals surface area contributed by atoms with Crippen molar-refractivity contribution >= 4 is 29.2 Å². The Bertz CT molecular complexity index is 705. The van der Waals surface area contributed by atoms with Crippen LogP contribution in [0.2, 0.25) is 10.0 Å². The highest BCUT2D eigenvalue weighted by atomic mass is 35.5. The molecule has 3 rings (SSSR count). The van der Waals surface area contributed by atoms with Crippen molar-refractivity contribution in [3.63, 3.8) is 0 Å². The molecule has 2 aromatic rings. The van der Waals surface area contributed by atoms with E-state index in [-0.39, 0.29) is 5.92 Å².